The number of hydrogen-bond acceptors (Lipinski definition) is 3. The van der Waals surface area contributed by atoms with E-state index in [1.807, 2.05) is 0 Å². The van der Waals surface area contributed by atoms with Crippen LogP contribution >= 0.6 is 23.8 Å². The Morgan fingerprint density at radius 1 is 1.53 bits per heavy atom. The van der Waals surface area contributed by atoms with Gasteiger partial charge in [0.25, 0.3) is 5.91 Å². The fraction of sp³-hybridized carbons (Fsp3) is 0.167. The molecule has 100 valence electrons. The summed E-state index contributed by atoms with van der Waals surface area (Å²) in [7, 11) is 0. The van der Waals surface area contributed by atoms with Gasteiger partial charge in [0.1, 0.15) is 22.1 Å². The molecule has 2 rings (SSSR count). The van der Waals surface area contributed by atoms with Gasteiger partial charge in [-0.1, -0.05) is 29.9 Å². The lowest BCUT2D eigenvalue weighted by molar-refractivity contribution is -0.117. The minimum absolute atomic E-state index is 0.00204. The zero-order chi connectivity index (χ0) is 14.0. The second-order valence-electron chi connectivity index (χ2n) is 3.88. The lowest BCUT2D eigenvalue weighted by Gasteiger charge is -2.18. The normalized spacial score (nSPS) is 15.2. The Balaban J connectivity index is 2.26. The molecule has 1 heterocycles. The van der Waals surface area contributed by atoms with Gasteiger partial charge in [0, 0.05) is 13.0 Å². The van der Waals surface area contributed by atoms with Crippen LogP contribution in [-0.4, -0.2) is 22.5 Å². The second-order valence-corrected chi connectivity index (χ2v) is 4.67. The van der Waals surface area contributed by atoms with Crippen LogP contribution in [0.15, 0.2) is 29.5 Å². The van der Waals surface area contributed by atoms with Crippen LogP contribution in [0.5, 0.6) is 0 Å². The first kappa shape index (κ1) is 13.8. The molecule has 1 aromatic rings. The molecule has 0 unspecified atom stereocenters. The highest BCUT2D eigenvalue weighted by molar-refractivity contribution is 7.81. The summed E-state index contributed by atoms with van der Waals surface area (Å²) >= 11 is 10.8. The number of hydrogen-bond donors (Lipinski definition) is 3. The smallest absolute Gasteiger partial charge is 0.257 e. The summed E-state index contributed by atoms with van der Waals surface area (Å²) in [6.45, 7) is 0.359. The summed E-state index contributed by atoms with van der Waals surface area (Å²) < 4.78 is 13.3. The molecule has 0 bridgehead atoms. The third-order valence-corrected chi connectivity index (χ3v) is 3.28. The molecule has 0 saturated heterocycles. The highest BCUT2D eigenvalue weighted by Gasteiger charge is 2.24. The van der Waals surface area contributed by atoms with E-state index < -0.39 is 11.7 Å². The molecule has 0 fully saturated rings. The minimum atomic E-state index is -0.597. The first-order valence-corrected chi connectivity index (χ1v) is 6.25. The molecule has 0 saturated carbocycles. The SMILES string of the molecule is O=C1NCCC(O)=C1C(=S)Nc1cccc(F)c1Cl. The molecule has 7 heteroatoms. The fourth-order valence-electron chi connectivity index (χ4n) is 1.66. The fourth-order valence-corrected chi connectivity index (χ4v) is 2.15. The summed E-state index contributed by atoms with van der Waals surface area (Å²) in [5, 5.41) is 14.8. The van der Waals surface area contributed by atoms with Crippen molar-refractivity contribution in [3.8, 4) is 0 Å². The topological polar surface area (TPSA) is 61.4 Å². The zero-order valence-electron chi connectivity index (χ0n) is 9.67. The first-order chi connectivity index (χ1) is 9.00. The van der Waals surface area contributed by atoms with E-state index in [-0.39, 0.29) is 27.0 Å². The highest BCUT2D eigenvalue weighted by Crippen LogP contribution is 2.25. The van der Waals surface area contributed by atoms with Crippen molar-refractivity contribution in [2.45, 2.75) is 6.42 Å². The Bertz CT molecular complexity index is 589. The molecule has 1 aliphatic rings. The van der Waals surface area contributed by atoms with Crippen LogP contribution in [0.3, 0.4) is 0 Å². The number of amides is 1. The van der Waals surface area contributed by atoms with Gasteiger partial charge in [0.2, 0.25) is 0 Å². The maximum atomic E-state index is 13.3. The molecule has 0 aliphatic carbocycles. The summed E-state index contributed by atoms with van der Waals surface area (Å²) in [6, 6.07) is 4.19. The molecule has 0 atom stereocenters. The van der Waals surface area contributed by atoms with E-state index in [4.69, 9.17) is 23.8 Å². The highest BCUT2D eigenvalue weighted by atomic mass is 35.5. The summed E-state index contributed by atoms with van der Waals surface area (Å²) in [4.78, 5) is 11.6. The number of aliphatic hydroxyl groups is 1. The molecule has 1 aliphatic heterocycles. The van der Waals surface area contributed by atoms with Gasteiger partial charge in [-0.05, 0) is 12.1 Å². The quantitative estimate of drug-likeness (QED) is 0.735. The Labute approximate surface area is 119 Å². The maximum Gasteiger partial charge on any atom is 0.257 e. The van der Waals surface area contributed by atoms with Gasteiger partial charge in [0.15, 0.2) is 0 Å². The molecule has 4 nitrogen and oxygen atoms in total. The average Bonchev–Trinajstić information content (AvgIpc) is 2.35. The number of halogens is 2. The van der Waals surface area contributed by atoms with Crippen molar-refractivity contribution in [1.82, 2.24) is 5.32 Å². The summed E-state index contributed by atoms with van der Waals surface area (Å²) in [5.41, 5.74) is 0.229. The van der Waals surface area contributed by atoms with Crippen LogP contribution in [0.4, 0.5) is 10.1 Å². The monoisotopic (exact) mass is 300 g/mol. The number of anilines is 1. The van der Waals surface area contributed by atoms with E-state index >= 15 is 0 Å². The Hall–Kier alpha value is -1.66. The van der Waals surface area contributed by atoms with Crippen molar-refractivity contribution in [3.63, 3.8) is 0 Å². The van der Waals surface area contributed by atoms with E-state index in [2.05, 4.69) is 10.6 Å². The lowest BCUT2D eigenvalue weighted by Crippen LogP contribution is -2.36. The predicted octanol–water partition coefficient (Wildman–Crippen LogP) is 2.55. The largest absolute Gasteiger partial charge is 0.511 e. The predicted molar refractivity (Wildman–Crippen MR) is 74.9 cm³/mol. The van der Waals surface area contributed by atoms with Crippen molar-refractivity contribution < 1.29 is 14.3 Å². The van der Waals surface area contributed by atoms with E-state index in [0.717, 1.165) is 0 Å². The number of nitrogens with one attached hydrogen (secondary N) is 2. The Morgan fingerprint density at radius 2 is 2.26 bits per heavy atom. The van der Waals surface area contributed by atoms with E-state index in [1.54, 1.807) is 0 Å². The van der Waals surface area contributed by atoms with E-state index in [9.17, 15) is 14.3 Å². The number of carbonyl (C=O) groups is 1. The van der Waals surface area contributed by atoms with Crippen molar-refractivity contribution in [2.75, 3.05) is 11.9 Å². The number of benzene rings is 1. The minimum Gasteiger partial charge on any atom is -0.511 e. The molecule has 19 heavy (non-hydrogen) atoms. The van der Waals surface area contributed by atoms with Crippen molar-refractivity contribution in [3.05, 3.63) is 40.4 Å². The van der Waals surface area contributed by atoms with Crippen LogP contribution in [0, 0.1) is 5.82 Å². The van der Waals surface area contributed by atoms with E-state index in [1.165, 1.54) is 18.2 Å². The van der Waals surface area contributed by atoms with Crippen LogP contribution < -0.4 is 10.6 Å². The number of carbonyl (C=O) groups excluding carboxylic acids is 1. The third-order valence-electron chi connectivity index (χ3n) is 2.59. The van der Waals surface area contributed by atoms with Crippen molar-refractivity contribution in [2.24, 2.45) is 0 Å². The van der Waals surface area contributed by atoms with Crippen molar-refractivity contribution in [1.29, 1.82) is 0 Å². The van der Waals surface area contributed by atoms with Gasteiger partial charge < -0.3 is 15.7 Å². The maximum absolute atomic E-state index is 13.3. The molecule has 0 radical (unpaired) electrons. The third kappa shape index (κ3) is 2.85. The van der Waals surface area contributed by atoms with Gasteiger partial charge in [-0.2, -0.15) is 0 Å². The standard InChI is InChI=1S/C12H10ClFN2O2S/c13-10-6(14)2-1-3-7(10)16-12(19)9-8(17)4-5-15-11(9)18/h1-3,17H,4-5H2,(H,15,18)(H,16,19). The van der Waals surface area contributed by atoms with E-state index in [0.29, 0.717) is 13.0 Å². The van der Waals surface area contributed by atoms with Gasteiger partial charge in [-0.25, -0.2) is 4.39 Å². The molecule has 0 spiro atoms. The molecule has 1 aromatic carbocycles. The molecular weight excluding hydrogens is 291 g/mol. The number of aliphatic hydroxyl groups excluding tert-OH is 1. The molecule has 3 N–H and O–H groups in total. The summed E-state index contributed by atoms with van der Waals surface area (Å²) in [6.07, 6.45) is 0.305. The van der Waals surface area contributed by atoms with Gasteiger partial charge in [0.05, 0.1) is 10.7 Å². The first-order valence-electron chi connectivity index (χ1n) is 5.46. The Morgan fingerprint density at radius 3 is 2.95 bits per heavy atom. The second kappa shape index (κ2) is 5.54. The Kier molecular flexibility index (Phi) is 4.01. The van der Waals surface area contributed by atoms with Crippen LogP contribution in [0.1, 0.15) is 6.42 Å². The van der Waals surface area contributed by atoms with Gasteiger partial charge in [-0.3, -0.25) is 4.79 Å². The number of thiocarbonyl (C=S) groups is 1. The van der Waals surface area contributed by atoms with Crippen LogP contribution in [-0.2, 0) is 4.79 Å². The van der Waals surface area contributed by atoms with Gasteiger partial charge in [-0.15, -0.1) is 0 Å². The van der Waals surface area contributed by atoms with Crippen LogP contribution in [0.2, 0.25) is 5.02 Å². The molecule has 0 aromatic heterocycles. The lowest BCUT2D eigenvalue weighted by atomic mass is 10.1. The average molecular weight is 301 g/mol. The van der Waals surface area contributed by atoms with Gasteiger partial charge >= 0.3 is 0 Å². The zero-order valence-corrected chi connectivity index (χ0v) is 11.2. The van der Waals surface area contributed by atoms with Crippen LogP contribution in [0.25, 0.3) is 0 Å². The summed E-state index contributed by atoms with van der Waals surface area (Å²) in [5.74, 6) is -1.15. The molecule has 1 amide bonds. The molecular formula is C12H10ClFN2O2S. The number of rotatable bonds is 2. The van der Waals surface area contributed by atoms with Crippen molar-refractivity contribution >= 4 is 40.4 Å².